The Morgan fingerprint density at radius 2 is 1.80 bits per heavy atom. The standard InChI is InChI=1S/C29H30N8O3/c1-18-13-23(27(38)33-21-7-5-4-6-8-21)22-11-9-19(14-24(22)32-18)20-10-12-26(30-15-20)40-17-29(2,3)28(39)31-16-25-34-36-37-35-25/h4-15,36-37H,16-17H2,1-3H3,(H,31,39)(H,33,38)(H,34,35). The normalized spacial score (nSPS) is 12.7. The van der Waals surface area contributed by atoms with Crippen LogP contribution in [0, 0.1) is 12.3 Å². The summed E-state index contributed by atoms with van der Waals surface area (Å²) in [6, 6.07) is 20.6. The first kappa shape index (κ1) is 26.6. The average Bonchev–Trinajstić information content (AvgIpc) is 3.48. The number of amides is 2. The Morgan fingerprint density at radius 3 is 2.52 bits per heavy atom. The van der Waals surface area contributed by atoms with Gasteiger partial charge in [-0.25, -0.2) is 10.5 Å². The Hall–Kier alpha value is -5.03. The van der Waals surface area contributed by atoms with Gasteiger partial charge in [0.1, 0.15) is 6.61 Å². The van der Waals surface area contributed by atoms with Crippen molar-refractivity contribution in [1.82, 2.24) is 31.8 Å². The Bertz CT molecular complexity index is 1570. The van der Waals surface area contributed by atoms with E-state index >= 15 is 0 Å². The topological polar surface area (TPSA) is 142 Å². The maximum atomic E-state index is 13.0. The number of ether oxygens (including phenoxy) is 1. The van der Waals surface area contributed by atoms with Crippen molar-refractivity contribution in [3.05, 3.63) is 84.2 Å². The highest BCUT2D eigenvalue weighted by Gasteiger charge is 2.29. The fourth-order valence-electron chi connectivity index (χ4n) is 4.11. The minimum absolute atomic E-state index is 0.147. The molecule has 0 unspecified atom stereocenters. The molecule has 5 N–H and O–H groups in total. The molecule has 0 radical (unpaired) electrons. The number of carbonyl (C=O) groups excluding carboxylic acids is 2. The van der Waals surface area contributed by atoms with E-state index in [-0.39, 0.29) is 25.0 Å². The van der Waals surface area contributed by atoms with E-state index in [0.717, 1.165) is 27.9 Å². The molecule has 0 fully saturated rings. The third-order valence-corrected chi connectivity index (χ3v) is 6.35. The van der Waals surface area contributed by atoms with Gasteiger partial charge in [-0.2, -0.15) is 0 Å². The molecule has 2 aromatic heterocycles. The van der Waals surface area contributed by atoms with Crippen LogP contribution < -0.4 is 31.9 Å². The number of pyridine rings is 2. The van der Waals surface area contributed by atoms with Crippen LogP contribution in [0.25, 0.3) is 22.0 Å². The monoisotopic (exact) mass is 538 g/mol. The van der Waals surface area contributed by atoms with Crippen molar-refractivity contribution < 1.29 is 14.3 Å². The summed E-state index contributed by atoms with van der Waals surface area (Å²) in [5.74, 6) is 0.631. The van der Waals surface area contributed by atoms with Gasteiger partial charge in [0, 0.05) is 34.6 Å². The number of amidine groups is 1. The summed E-state index contributed by atoms with van der Waals surface area (Å²) in [6.45, 7) is 5.88. The van der Waals surface area contributed by atoms with Gasteiger partial charge in [0.15, 0.2) is 5.84 Å². The molecule has 40 heavy (non-hydrogen) atoms. The third kappa shape index (κ3) is 6.16. The van der Waals surface area contributed by atoms with E-state index in [1.54, 1.807) is 32.2 Å². The van der Waals surface area contributed by atoms with E-state index in [2.05, 4.69) is 42.2 Å². The zero-order chi connectivity index (χ0) is 28.1. The number of hydrazone groups is 1. The van der Waals surface area contributed by atoms with E-state index in [1.807, 2.05) is 61.5 Å². The van der Waals surface area contributed by atoms with Gasteiger partial charge in [-0.1, -0.05) is 30.3 Å². The lowest BCUT2D eigenvalue weighted by atomic mass is 9.93. The second-order valence-electron chi connectivity index (χ2n) is 10.0. The summed E-state index contributed by atoms with van der Waals surface area (Å²) in [5.41, 5.74) is 11.7. The third-order valence-electron chi connectivity index (χ3n) is 6.35. The van der Waals surface area contributed by atoms with Gasteiger partial charge in [0.25, 0.3) is 5.91 Å². The summed E-state index contributed by atoms with van der Waals surface area (Å²) < 4.78 is 5.83. The zero-order valence-electron chi connectivity index (χ0n) is 22.4. The van der Waals surface area contributed by atoms with Crippen LogP contribution in [0.4, 0.5) is 5.69 Å². The highest BCUT2D eigenvalue weighted by molar-refractivity contribution is 6.12. The largest absolute Gasteiger partial charge is 0.477 e. The van der Waals surface area contributed by atoms with Gasteiger partial charge in [0.2, 0.25) is 11.8 Å². The van der Waals surface area contributed by atoms with Crippen molar-refractivity contribution in [2.75, 3.05) is 18.5 Å². The number of aromatic nitrogens is 2. The van der Waals surface area contributed by atoms with Crippen molar-refractivity contribution in [2.45, 2.75) is 20.8 Å². The van der Waals surface area contributed by atoms with Crippen molar-refractivity contribution in [1.29, 1.82) is 0 Å². The summed E-state index contributed by atoms with van der Waals surface area (Å²) in [5, 5.41) is 10.5. The summed E-state index contributed by atoms with van der Waals surface area (Å²) >= 11 is 0. The molecule has 11 heteroatoms. The molecular formula is C29H30N8O3. The second kappa shape index (κ2) is 11.4. The smallest absolute Gasteiger partial charge is 0.256 e. The highest BCUT2D eigenvalue weighted by Crippen LogP contribution is 2.27. The molecule has 2 aromatic carbocycles. The molecule has 0 bridgehead atoms. The summed E-state index contributed by atoms with van der Waals surface area (Å²) in [4.78, 5) is 34.7. The SMILES string of the molecule is Cc1cc(C(=O)Nc2ccccc2)c2ccc(-c3ccc(OCC(C)(C)C(=O)NCC4=NNNN4)nc3)cc2n1. The first-order valence-electron chi connectivity index (χ1n) is 12.8. The highest BCUT2D eigenvalue weighted by atomic mass is 16.5. The zero-order valence-corrected chi connectivity index (χ0v) is 22.4. The molecule has 3 heterocycles. The number of nitrogens with one attached hydrogen (secondary N) is 5. The molecule has 11 nitrogen and oxygen atoms in total. The molecule has 0 aliphatic carbocycles. The summed E-state index contributed by atoms with van der Waals surface area (Å²) in [7, 11) is 0. The number of aryl methyl sites for hydroxylation is 1. The fourth-order valence-corrected chi connectivity index (χ4v) is 4.11. The fraction of sp³-hybridized carbons (Fsp3) is 0.207. The Labute approximate surface area is 231 Å². The number of fused-ring (bicyclic) bond motifs is 1. The molecular weight excluding hydrogens is 508 g/mol. The van der Waals surface area contributed by atoms with Crippen LogP contribution in [0.1, 0.15) is 29.9 Å². The van der Waals surface area contributed by atoms with Crippen LogP contribution >= 0.6 is 0 Å². The number of anilines is 1. The van der Waals surface area contributed by atoms with Gasteiger partial charge in [-0.15, -0.1) is 10.6 Å². The van der Waals surface area contributed by atoms with Gasteiger partial charge >= 0.3 is 0 Å². The van der Waals surface area contributed by atoms with Crippen LogP contribution in [0.3, 0.4) is 0 Å². The van der Waals surface area contributed by atoms with Gasteiger partial charge in [0.05, 0.1) is 23.0 Å². The second-order valence-corrected chi connectivity index (χ2v) is 10.0. The lowest BCUT2D eigenvalue weighted by molar-refractivity contribution is -0.130. The Morgan fingerprint density at radius 1 is 1.00 bits per heavy atom. The number of hydrogen-bond donors (Lipinski definition) is 5. The maximum absolute atomic E-state index is 13.0. The minimum atomic E-state index is -0.785. The van der Waals surface area contributed by atoms with Gasteiger partial charge in [-0.3, -0.25) is 20.0 Å². The molecule has 204 valence electrons. The number of para-hydroxylation sites is 1. The van der Waals surface area contributed by atoms with Crippen molar-refractivity contribution in [3.63, 3.8) is 0 Å². The first-order valence-corrected chi connectivity index (χ1v) is 12.8. The van der Waals surface area contributed by atoms with E-state index in [9.17, 15) is 9.59 Å². The van der Waals surface area contributed by atoms with E-state index < -0.39 is 5.41 Å². The molecule has 1 aliphatic rings. The van der Waals surface area contributed by atoms with Crippen LogP contribution in [0.2, 0.25) is 0 Å². The van der Waals surface area contributed by atoms with Crippen molar-refractivity contribution in [3.8, 4) is 17.0 Å². The lowest BCUT2D eigenvalue weighted by Crippen LogP contribution is -2.45. The molecule has 0 atom stereocenters. The quantitative estimate of drug-likeness (QED) is 0.219. The maximum Gasteiger partial charge on any atom is 0.256 e. The molecule has 2 amide bonds. The number of hydrogen-bond acceptors (Lipinski definition) is 9. The molecule has 5 rings (SSSR count). The van der Waals surface area contributed by atoms with Crippen LogP contribution in [-0.4, -0.2) is 40.8 Å². The van der Waals surface area contributed by atoms with Gasteiger partial charge < -0.3 is 15.4 Å². The Balaban J connectivity index is 1.26. The predicted molar refractivity (Wildman–Crippen MR) is 153 cm³/mol. The van der Waals surface area contributed by atoms with Crippen LogP contribution in [0.15, 0.2) is 78.0 Å². The number of nitrogens with zero attached hydrogens (tertiary/aromatic N) is 3. The number of carbonyl (C=O) groups is 2. The average molecular weight is 539 g/mol. The van der Waals surface area contributed by atoms with E-state index in [0.29, 0.717) is 22.8 Å². The molecule has 4 aromatic rings. The van der Waals surface area contributed by atoms with Crippen molar-refractivity contribution >= 4 is 34.2 Å². The first-order chi connectivity index (χ1) is 19.3. The summed E-state index contributed by atoms with van der Waals surface area (Å²) in [6.07, 6.45) is 1.71. The van der Waals surface area contributed by atoms with Crippen LogP contribution in [-0.2, 0) is 4.79 Å². The number of rotatable bonds is 9. The molecule has 0 saturated heterocycles. The minimum Gasteiger partial charge on any atom is -0.477 e. The van der Waals surface area contributed by atoms with E-state index in [4.69, 9.17) is 4.74 Å². The molecule has 0 saturated carbocycles. The lowest BCUT2D eigenvalue weighted by Gasteiger charge is -2.23. The molecule has 0 spiro atoms. The Kier molecular flexibility index (Phi) is 7.56. The van der Waals surface area contributed by atoms with Gasteiger partial charge in [-0.05, 0) is 56.7 Å². The number of benzene rings is 2. The van der Waals surface area contributed by atoms with Crippen LogP contribution in [0.5, 0.6) is 5.88 Å². The predicted octanol–water partition coefficient (Wildman–Crippen LogP) is 3.30. The van der Waals surface area contributed by atoms with Crippen molar-refractivity contribution in [2.24, 2.45) is 10.5 Å². The molecule has 1 aliphatic heterocycles. The number of hydrazine groups is 2. The van der Waals surface area contributed by atoms with E-state index in [1.165, 1.54) is 0 Å².